The van der Waals surface area contributed by atoms with Crippen molar-refractivity contribution in [3.05, 3.63) is 63.2 Å². The van der Waals surface area contributed by atoms with Gasteiger partial charge in [0.1, 0.15) is 11.3 Å². The lowest BCUT2D eigenvalue weighted by molar-refractivity contribution is -0.385. The molecule has 0 spiro atoms. The summed E-state index contributed by atoms with van der Waals surface area (Å²) in [4.78, 5) is 34.1. The largest absolute Gasteiger partial charge is 0.495 e. The molecule has 0 aromatic heterocycles. The number of esters is 1. The van der Waals surface area contributed by atoms with Crippen molar-refractivity contribution in [3.63, 3.8) is 0 Å². The third kappa shape index (κ3) is 4.67. The number of hydrogen-bond donors (Lipinski definition) is 1. The first kappa shape index (κ1) is 18.2. The minimum absolute atomic E-state index is 0.236. The van der Waals surface area contributed by atoms with Crippen molar-refractivity contribution < 1.29 is 24.0 Å². The number of hydrogen-bond acceptors (Lipinski definition) is 6. The SMILES string of the molecule is COc1ccc(Cl)cc1NC(=O)COC(=O)c1ccccc1[N+](=O)[O-]. The highest BCUT2D eigenvalue weighted by molar-refractivity contribution is 6.31. The van der Waals surface area contributed by atoms with Crippen molar-refractivity contribution in [3.8, 4) is 5.75 Å². The summed E-state index contributed by atoms with van der Waals surface area (Å²) in [5.74, 6) is -1.24. The summed E-state index contributed by atoms with van der Waals surface area (Å²) in [6, 6.07) is 9.93. The first-order chi connectivity index (χ1) is 11.9. The highest BCUT2D eigenvalue weighted by Gasteiger charge is 2.21. The maximum atomic E-state index is 12.0. The normalized spacial score (nSPS) is 10.0. The van der Waals surface area contributed by atoms with E-state index in [2.05, 4.69) is 5.32 Å². The van der Waals surface area contributed by atoms with Gasteiger partial charge in [-0.15, -0.1) is 0 Å². The third-order valence-corrected chi connectivity index (χ3v) is 3.33. The molecule has 0 heterocycles. The van der Waals surface area contributed by atoms with Crippen LogP contribution in [-0.4, -0.2) is 30.5 Å². The van der Waals surface area contributed by atoms with Gasteiger partial charge in [-0.3, -0.25) is 14.9 Å². The van der Waals surface area contributed by atoms with Gasteiger partial charge in [0.05, 0.1) is 17.7 Å². The van der Waals surface area contributed by atoms with Gasteiger partial charge in [-0.1, -0.05) is 23.7 Å². The number of nitro benzene ring substituents is 1. The molecule has 0 aliphatic carbocycles. The van der Waals surface area contributed by atoms with Crippen LogP contribution in [0.4, 0.5) is 11.4 Å². The van der Waals surface area contributed by atoms with E-state index in [9.17, 15) is 19.7 Å². The number of nitro groups is 1. The molecule has 2 aromatic carbocycles. The quantitative estimate of drug-likeness (QED) is 0.479. The molecule has 0 saturated carbocycles. The standard InChI is InChI=1S/C16H13ClN2O6/c1-24-14-7-6-10(17)8-12(14)18-15(20)9-25-16(21)11-4-2-3-5-13(11)19(22)23/h2-8H,9H2,1H3,(H,18,20). The molecule has 1 amide bonds. The van der Waals surface area contributed by atoms with Crippen molar-refractivity contribution >= 4 is 34.9 Å². The fourth-order valence-electron chi connectivity index (χ4n) is 1.98. The topological polar surface area (TPSA) is 108 Å². The number of anilines is 1. The molecule has 0 atom stereocenters. The average Bonchev–Trinajstić information content (AvgIpc) is 2.60. The first-order valence-corrected chi connectivity index (χ1v) is 7.34. The molecule has 0 radical (unpaired) electrons. The average molecular weight is 365 g/mol. The van der Waals surface area contributed by atoms with Crippen LogP contribution >= 0.6 is 11.6 Å². The summed E-state index contributed by atoms with van der Waals surface area (Å²) in [6.07, 6.45) is 0. The van der Waals surface area contributed by atoms with Gasteiger partial charge in [0.2, 0.25) is 0 Å². The van der Waals surface area contributed by atoms with Crippen LogP contribution in [0.25, 0.3) is 0 Å². The zero-order valence-electron chi connectivity index (χ0n) is 13.0. The van der Waals surface area contributed by atoms with Crippen LogP contribution in [0.15, 0.2) is 42.5 Å². The molecule has 2 rings (SSSR count). The van der Waals surface area contributed by atoms with E-state index in [-0.39, 0.29) is 5.56 Å². The van der Waals surface area contributed by atoms with Crippen molar-refractivity contribution in [2.24, 2.45) is 0 Å². The number of ether oxygens (including phenoxy) is 2. The zero-order valence-corrected chi connectivity index (χ0v) is 13.8. The lowest BCUT2D eigenvalue weighted by Gasteiger charge is -2.11. The molecule has 0 unspecified atom stereocenters. The van der Waals surface area contributed by atoms with Crippen LogP contribution in [-0.2, 0) is 9.53 Å². The molecule has 0 bridgehead atoms. The highest BCUT2D eigenvalue weighted by atomic mass is 35.5. The Hall–Kier alpha value is -3.13. The number of para-hydroxylation sites is 1. The van der Waals surface area contributed by atoms with Crippen molar-refractivity contribution in [2.75, 3.05) is 19.0 Å². The predicted molar refractivity (Wildman–Crippen MR) is 90.0 cm³/mol. The second-order valence-corrected chi connectivity index (χ2v) is 5.18. The van der Waals surface area contributed by atoms with Crippen molar-refractivity contribution in [1.82, 2.24) is 0 Å². The number of benzene rings is 2. The predicted octanol–water partition coefficient (Wildman–Crippen LogP) is 3.05. The molecule has 8 nitrogen and oxygen atoms in total. The molecule has 0 aliphatic rings. The number of nitrogens with zero attached hydrogens (tertiary/aromatic N) is 1. The van der Waals surface area contributed by atoms with E-state index in [0.717, 1.165) is 0 Å². The smallest absolute Gasteiger partial charge is 0.345 e. The third-order valence-electron chi connectivity index (χ3n) is 3.09. The highest BCUT2D eigenvalue weighted by Crippen LogP contribution is 2.27. The van der Waals surface area contributed by atoms with Gasteiger partial charge in [0.25, 0.3) is 11.6 Å². The van der Waals surface area contributed by atoms with Crippen LogP contribution in [0.1, 0.15) is 10.4 Å². The number of amides is 1. The lowest BCUT2D eigenvalue weighted by Crippen LogP contribution is -2.21. The van der Waals surface area contributed by atoms with E-state index in [1.165, 1.54) is 37.4 Å². The first-order valence-electron chi connectivity index (χ1n) is 6.96. The van der Waals surface area contributed by atoms with Crippen molar-refractivity contribution in [1.29, 1.82) is 0 Å². The number of rotatable bonds is 6. The van der Waals surface area contributed by atoms with E-state index in [1.807, 2.05) is 0 Å². The Morgan fingerprint density at radius 3 is 2.64 bits per heavy atom. The number of nitrogens with one attached hydrogen (secondary N) is 1. The van der Waals surface area contributed by atoms with Gasteiger partial charge in [0, 0.05) is 11.1 Å². The molecule has 1 N–H and O–H groups in total. The molecule has 9 heteroatoms. The lowest BCUT2D eigenvalue weighted by atomic mass is 10.2. The second kappa shape index (κ2) is 8.11. The Bertz CT molecular complexity index is 824. The number of carbonyl (C=O) groups is 2. The van der Waals surface area contributed by atoms with E-state index in [4.69, 9.17) is 21.1 Å². The summed E-state index contributed by atoms with van der Waals surface area (Å²) in [7, 11) is 1.42. The summed E-state index contributed by atoms with van der Waals surface area (Å²) >= 11 is 5.86. The number of carbonyl (C=O) groups excluding carboxylic acids is 2. The Morgan fingerprint density at radius 1 is 1.24 bits per heavy atom. The van der Waals surface area contributed by atoms with Gasteiger partial charge < -0.3 is 14.8 Å². The molecule has 25 heavy (non-hydrogen) atoms. The molecule has 0 saturated heterocycles. The Labute approximate surface area is 147 Å². The van der Waals surface area contributed by atoms with Crippen LogP contribution < -0.4 is 10.1 Å². The molecule has 2 aromatic rings. The second-order valence-electron chi connectivity index (χ2n) is 4.74. The minimum Gasteiger partial charge on any atom is -0.495 e. The van der Waals surface area contributed by atoms with Gasteiger partial charge in [-0.25, -0.2) is 4.79 Å². The number of methoxy groups -OCH3 is 1. The van der Waals surface area contributed by atoms with Crippen LogP contribution in [0, 0.1) is 10.1 Å². The van der Waals surface area contributed by atoms with Crippen LogP contribution in [0.3, 0.4) is 0 Å². The number of halogens is 1. The fraction of sp³-hybridized carbons (Fsp3) is 0.125. The van der Waals surface area contributed by atoms with E-state index in [1.54, 1.807) is 12.1 Å². The van der Waals surface area contributed by atoms with Crippen LogP contribution in [0.5, 0.6) is 5.75 Å². The summed E-state index contributed by atoms with van der Waals surface area (Å²) < 4.78 is 9.91. The molecular formula is C16H13ClN2O6. The van der Waals surface area contributed by atoms with E-state index in [0.29, 0.717) is 16.5 Å². The minimum atomic E-state index is -0.972. The maximum absolute atomic E-state index is 12.0. The van der Waals surface area contributed by atoms with Gasteiger partial charge in [-0.2, -0.15) is 0 Å². The maximum Gasteiger partial charge on any atom is 0.345 e. The summed E-state index contributed by atoms with van der Waals surface area (Å²) in [6.45, 7) is -0.624. The Morgan fingerprint density at radius 2 is 1.96 bits per heavy atom. The van der Waals surface area contributed by atoms with Gasteiger partial charge >= 0.3 is 5.97 Å². The fourth-order valence-corrected chi connectivity index (χ4v) is 2.15. The van der Waals surface area contributed by atoms with E-state index < -0.39 is 29.1 Å². The van der Waals surface area contributed by atoms with Gasteiger partial charge in [-0.05, 0) is 24.3 Å². The molecule has 0 fully saturated rings. The summed E-state index contributed by atoms with van der Waals surface area (Å²) in [5.41, 5.74) is -0.327. The van der Waals surface area contributed by atoms with Gasteiger partial charge in [0.15, 0.2) is 6.61 Å². The van der Waals surface area contributed by atoms with E-state index >= 15 is 0 Å². The van der Waals surface area contributed by atoms with Crippen molar-refractivity contribution in [2.45, 2.75) is 0 Å². The molecule has 130 valence electrons. The monoisotopic (exact) mass is 364 g/mol. The molecular weight excluding hydrogens is 352 g/mol. The summed E-state index contributed by atoms with van der Waals surface area (Å²) in [5, 5.41) is 13.8. The molecule has 0 aliphatic heterocycles. The Balaban J connectivity index is 2.02. The van der Waals surface area contributed by atoms with Crippen LogP contribution in [0.2, 0.25) is 5.02 Å². The zero-order chi connectivity index (χ0) is 18.4. The Kier molecular flexibility index (Phi) is 5.91.